The van der Waals surface area contributed by atoms with Crippen molar-refractivity contribution in [3.63, 3.8) is 0 Å². The van der Waals surface area contributed by atoms with E-state index in [1.165, 1.54) is 0 Å². The van der Waals surface area contributed by atoms with E-state index in [9.17, 15) is 4.79 Å². The number of ether oxygens (including phenoxy) is 1. The zero-order valence-corrected chi connectivity index (χ0v) is 13.8. The van der Waals surface area contributed by atoms with Gasteiger partial charge in [-0.05, 0) is 57.1 Å². The Labute approximate surface area is 135 Å². The molecule has 3 rings (SSSR count). The first kappa shape index (κ1) is 15.4. The molecule has 1 aromatic heterocycles. The summed E-state index contributed by atoms with van der Waals surface area (Å²) in [6, 6.07) is 5.58. The van der Waals surface area contributed by atoms with Crippen molar-refractivity contribution >= 4 is 28.5 Å². The quantitative estimate of drug-likeness (QED) is 0.814. The van der Waals surface area contributed by atoms with Gasteiger partial charge in [-0.3, -0.25) is 0 Å². The van der Waals surface area contributed by atoms with Crippen LogP contribution in [0.25, 0.3) is 10.9 Å². The van der Waals surface area contributed by atoms with Gasteiger partial charge >= 0.3 is 5.97 Å². The Morgan fingerprint density at radius 2 is 2.05 bits per heavy atom. The average Bonchev–Trinajstić information content (AvgIpc) is 2.83. The standard InChI is InChI=1S/C17H21ClN2O2/c1-19-7-5-12(6-8-19)11-22-17(21)15-10-20(2)16-4-3-13(18)9-14(15)16/h3-4,9-10,12H,5-8,11H2,1-2H3. The molecule has 1 aliphatic heterocycles. The van der Waals surface area contributed by atoms with Gasteiger partial charge in [0, 0.05) is 29.2 Å². The van der Waals surface area contributed by atoms with E-state index in [-0.39, 0.29) is 5.97 Å². The van der Waals surface area contributed by atoms with E-state index >= 15 is 0 Å². The molecular weight excluding hydrogens is 300 g/mol. The molecule has 5 heteroatoms. The van der Waals surface area contributed by atoms with E-state index < -0.39 is 0 Å². The Morgan fingerprint density at radius 3 is 2.77 bits per heavy atom. The monoisotopic (exact) mass is 320 g/mol. The van der Waals surface area contributed by atoms with Crippen LogP contribution in [0.3, 0.4) is 0 Å². The van der Waals surface area contributed by atoms with Crippen LogP contribution in [0.15, 0.2) is 24.4 Å². The van der Waals surface area contributed by atoms with Crippen LogP contribution in [-0.4, -0.2) is 42.2 Å². The van der Waals surface area contributed by atoms with Gasteiger partial charge in [0.1, 0.15) is 0 Å². The van der Waals surface area contributed by atoms with Gasteiger partial charge in [0.25, 0.3) is 0 Å². The Balaban J connectivity index is 1.71. The smallest absolute Gasteiger partial charge is 0.340 e. The minimum atomic E-state index is -0.258. The van der Waals surface area contributed by atoms with Crippen molar-refractivity contribution in [3.05, 3.63) is 35.0 Å². The molecule has 2 aromatic rings. The Kier molecular flexibility index (Phi) is 4.41. The number of rotatable bonds is 3. The Morgan fingerprint density at radius 1 is 1.32 bits per heavy atom. The molecule has 2 heterocycles. The van der Waals surface area contributed by atoms with Crippen molar-refractivity contribution in [2.24, 2.45) is 13.0 Å². The number of esters is 1. The molecule has 0 bridgehead atoms. The van der Waals surface area contributed by atoms with Crippen LogP contribution in [-0.2, 0) is 11.8 Å². The molecule has 0 amide bonds. The molecule has 118 valence electrons. The highest BCUT2D eigenvalue weighted by molar-refractivity contribution is 6.31. The lowest BCUT2D eigenvalue weighted by atomic mass is 9.98. The largest absolute Gasteiger partial charge is 0.462 e. The highest BCUT2D eigenvalue weighted by Crippen LogP contribution is 2.25. The minimum Gasteiger partial charge on any atom is -0.462 e. The summed E-state index contributed by atoms with van der Waals surface area (Å²) in [5.74, 6) is 0.213. The molecule has 0 saturated carbocycles. The van der Waals surface area contributed by atoms with Crippen LogP contribution in [0.2, 0.25) is 5.02 Å². The lowest BCUT2D eigenvalue weighted by Gasteiger charge is -2.28. The molecule has 1 aliphatic rings. The first-order chi connectivity index (χ1) is 10.5. The number of aryl methyl sites for hydroxylation is 1. The maximum atomic E-state index is 12.4. The number of carbonyl (C=O) groups is 1. The summed E-state index contributed by atoms with van der Waals surface area (Å²) >= 11 is 6.05. The third-order valence-electron chi connectivity index (χ3n) is 4.46. The lowest BCUT2D eigenvalue weighted by molar-refractivity contribution is 0.0386. The normalized spacial score (nSPS) is 17.0. The van der Waals surface area contributed by atoms with E-state index in [2.05, 4.69) is 11.9 Å². The number of nitrogens with zero attached hydrogens (tertiary/aromatic N) is 2. The van der Waals surface area contributed by atoms with E-state index in [0.29, 0.717) is 23.1 Å². The SMILES string of the molecule is CN1CCC(COC(=O)c2cn(C)c3ccc(Cl)cc23)CC1. The molecule has 1 aromatic carbocycles. The molecule has 4 nitrogen and oxygen atoms in total. The molecule has 0 radical (unpaired) electrons. The number of fused-ring (bicyclic) bond motifs is 1. The molecule has 1 saturated heterocycles. The van der Waals surface area contributed by atoms with Crippen molar-refractivity contribution in [1.29, 1.82) is 0 Å². The first-order valence-electron chi connectivity index (χ1n) is 7.65. The van der Waals surface area contributed by atoms with E-state index in [1.807, 2.05) is 36.0 Å². The third-order valence-corrected chi connectivity index (χ3v) is 4.69. The first-order valence-corrected chi connectivity index (χ1v) is 8.02. The molecule has 0 unspecified atom stereocenters. The zero-order valence-electron chi connectivity index (χ0n) is 13.0. The van der Waals surface area contributed by atoms with Gasteiger partial charge in [-0.15, -0.1) is 0 Å². The van der Waals surface area contributed by atoms with Gasteiger partial charge in [0.05, 0.1) is 12.2 Å². The fourth-order valence-electron chi connectivity index (χ4n) is 3.03. The summed E-state index contributed by atoms with van der Waals surface area (Å²) in [5, 5.41) is 1.48. The van der Waals surface area contributed by atoms with Crippen LogP contribution in [0.5, 0.6) is 0 Å². The van der Waals surface area contributed by atoms with Crippen molar-refractivity contribution in [2.45, 2.75) is 12.8 Å². The van der Waals surface area contributed by atoms with Crippen LogP contribution in [0.4, 0.5) is 0 Å². The summed E-state index contributed by atoms with van der Waals surface area (Å²) in [6.45, 7) is 2.65. The summed E-state index contributed by atoms with van der Waals surface area (Å²) in [6.07, 6.45) is 3.99. The minimum absolute atomic E-state index is 0.258. The van der Waals surface area contributed by atoms with Crippen LogP contribution < -0.4 is 0 Å². The fraction of sp³-hybridized carbons (Fsp3) is 0.471. The predicted octanol–water partition coefficient (Wildman–Crippen LogP) is 3.33. The number of hydrogen-bond acceptors (Lipinski definition) is 3. The highest BCUT2D eigenvalue weighted by atomic mass is 35.5. The van der Waals surface area contributed by atoms with Gasteiger partial charge < -0.3 is 14.2 Å². The second-order valence-corrected chi connectivity index (χ2v) is 6.60. The maximum absolute atomic E-state index is 12.4. The second-order valence-electron chi connectivity index (χ2n) is 6.16. The average molecular weight is 321 g/mol. The predicted molar refractivity (Wildman–Crippen MR) is 88.4 cm³/mol. The van der Waals surface area contributed by atoms with Gasteiger partial charge in [-0.25, -0.2) is 4.79 Å². The summed E-state index contributed by atoms with van der Waals surface area (Å²) < 4.78 is 7.48. The topological polar surface area (TPSA) is 34.5 Å². The maximum Gasteiger partial charge on any atom is 0.340 e. The van der Waals surface area contributed by atoms with Crippen LogP contribution >= 0.6 is 11.6 Å². The molecule has 22 heavy (non-hydrogen) atoms. The summed E-state index contributed by atoms with van der Waals surface area (Å²) in [7, 11) is 4.05. The molecule has 0 aliphatic carbocycles. The van der Waals surface area contributed by atoms with Crippen molar-refractivity contribution in [3.8, 4) is 0 Å². The van der Waals surface area contributed by atoms with Crippen LogP contribution in [0.1, 0.15) is 23.2 Å². The van der Waals surface area contributed by atoms with Crippen molar-refractivity contribution in [2.75, 3.05) is 26.7 Å². The van der Waals surface area contributed by atoms with Gasteiger partial charge in [-0.2, -0.15) is 0 Å². The molecule has 0 N–H and O–H groups in total. The zero-order chi connectivity index (χ0) is 15.7. The van der Waals surface area contributed by atoms with E-state index in [0.717, 1.165) is 36.8 Å². The number of aromatic nitrogens is 1. The van der Waals surface area contributed by atoms with Gasteiger partial charge in [0.15, 0.2) is 0 Å². The number of benzene rings is 1. The van der Waals surface area contributed by atoms with Crippen molar-refractivity contribution in [1.82, 2.24) is 9.47 Å². The number of hydrogen-bond donors (Lipinski definition) is 0. The highest BCUT2D eigenvalue weighted by Gasteiger charge is 2.20. The number of likely N-dealkylation sites (tertiary alicyclic amines) is 1. The molecule has 0 atom stereocenters. The van der Waals surface area contributed by atoms with Crippen molar-refractivity contribution < 1.29 is 9.53 Å². The lowest BCUT2D eigenvalue weighted by Crippen LogP contribution is -2.32. The molecule has 0 spiro atoms. The fourth-order valence-corrected chi connectivity index (χ4v) is 3.20. The summed E-state index contributed by atoms with van der Waals surface area (Å²) in [4.78, 5) is 14.7. The molecular formula is C17H21ClN2O2. The van der Waals surface area contributed by atoms with E-state index in [4.69, 9.17) is 16.3 Å². The Bertz CT molecular complexity index is 687. The third kappa shape index (κ3) is 3.13. The Hall–Kier alpha value is -1.52. The second kappa shape index (κ2) is 6.31. The van der Waals surface area contributed by atoms with E-state index in [1.54, 1.807) is 0 Å². The molecule has 1 fully saturated rings. The number of carbonyl (C=O) groups excluding carboxylic acids is 1. The van der Waals surface area contributed by atoms with Gasteiger partial charge in [0.2, 0.25) is 0 Å². The van der Waals surface area contributed by atoms with Crippen LogP contribution in [0, 0.1) is 5.92 Å². The van der Waals surface area contributed by atoms with Gasteiger partial charge in [-0.1, -0.05) is 11.6 Å². The number of halogens is 1. The number of piperidine rings is 1. The summed E-state index contributed by atoms with van der Waals surface area (Å²) in [5.41, 5.74) is 1.57.